The molecule has 0 spiro atoms. The fourth-order valence-corrected chi connectivity index (χ4v) is 5.39. The van der Waals surface area contributed by atoms with Crippen molar-refractivity contribution in [1.29, 1.82) is 0 Å². The molecule has 33 heavy (non-hydrogen) atoms. The van der Waals surface area contributed by atoms with Crippen LogP contribution < -0.4 is 15.1 Å². The lowest BCUT2D eigenvalue weighted by atomic mass is 10.0. The number of carbonyl (C=O) groups excluding carboxylic acids is 1. The van der Waals surface area contributed by atoms with E-state index in [9.17, 15) is 18.0 Å². The number of hydrogen-bond acceptors (Lipinski definition) is 6. The minimum atomic E-state index is -3.93. The Kier molecular flexibility index (Phi) is 6.41. The Balaban J connectivity index is 1.60. The first kappa shape index (κ1) is 23.2. The van der Waals surface area contributed by atoms with Crippen LogP contribution in [0.25, 0.3) is 11.0 Å². The molecule has 0 bridgehead atoms. The zero-order valence-electron chi connectivity index (χ0n) is 18.9. The number of esters is 1. The molecule has 0 radical (unpaired) electrons. The van der Waals surface area contributed by atoms with Gasteiger partial charge in [0.2, 0.25) is 10.0 Å². The molecule has 0 amide bonds. The van der Waals surface area contributed by atoms with Crippen molar-refractivity contribution in [1.82, 2.24) is 4.72 Å². The van der Waals surface area contributed by atoms with Crippen LogP contribution in [0.5, 0.6) is 5.75 Å². The molecule has 2 aromatic carbocycles. The second-order valence-corrected chi connectivity index (χ2v) is 10.3. The zero-order valence-corrected chi connectivity index (χ0v) is 19.7. The summed E-state index contributed by atoms with van der Waals surface area (Å²) in [6.07, 6.45) is 3.00. The smallest absolute Gasteiger partial charge is 0.339 e. The van der Waals surface area contributed by atoms with Crippen LogP contribution in [0.3, 0.4) is 0 Å². The zero-order chi connectivity index (χ0) is 23.8. The van der Waals surface area contributed by atoms with E-state index in [2.05, 4.69) is 4.72 Å². The molecule has 0 aliphatic heterocycles. The lowest BCUT2D eigenvalue weighted by Crippen LogP contribution is -2.46. The molecule has 1 unspecified atom stereocenters. The molecule has 4 rings (SSSR count). The van der Waals surface area contributed by atoms with Gasteiger partial charge in [-0.15, -0.1) is 0 Å². The number of rotatable bonds is 7. The molecule has 1 N–H and O–H groups in total. The molecular weight excluding hydrogens is 442 g/mol. The molecule has 8 heteroatoms. The largest absolute Gasteiger partial charge is 0.425 e. The normalized spacial score (nSPS) is 15.2. The van der Waals surface area contributed by atoms with E-state index in [4.69, 9.17) is 9.15 Å². The first-order valence-electron chi connectivity index (χ1n) is 11.1. The summed E-state index contributed by atoms with van der Waals surface area (Å²) >= 11 is 0. The second kappa shape index (κ2) is 9.11. The van der Waals surface area contributed by atoms with Gasteiger partial charge in [0.25, 0.3) is 0 Å². The van der Waals surface area contributed by atoms with E-state index < -0.39 is 22.0 Å². The van der Waals surface area contributed by atoms with Gasteiger partial charge in [-0.3, -0.25) is 0 Å². The monoisotopic (exact) mass is 469 g/mol. The number of aryl methyl sites for hydroxylation is 2. The van der Waals surface area contributed by atoms with Crippen molar-refractivity contribution < 1.29 is 22.4 Å². The van der Waals surface area contributed by atoms with Crippen molar-refractivity contribution in [3.05, 3.63) is 69.6 Å². The predicted octanol–water partition coefficient (Wildman–Crippen LogP) is 3.89. The first-order valence-corrected chi connectivity index (χ1v) is 12.6. The van der Waals surface area contributed by atoms with E-state index in [1.165, 1.54) is 18.2 Å². The van der Waals surface area contributed by atoms with Crippen LogP contribution in [-0.4, -0.2) is 20.4 Å². The summed E-state index contributed by atoms with van der Waals surface area (Å²) in [5.74, 6) is -0.835. The highest BCUT2D eigenvalue weighted by molar-refractivity contribution is 7.89. The molecule has 0 fully saturated rings. The van der Waals surface area contributed by atoms with Crippen LogP contribution in [0.1, 0.15) is 43.4 Å². The number of sulfonamides is 1. The van der Waals surface area contributed by atoms with Crippen LogP contribution in [0.4, 0.5) is 0 Å². The Morgan fingerprint density at radius 3 is 2.52 bits per heavy atom. The van der Waals surface area contributed by atoms with E-state index >= 15 is 0 Å². The van der Waals surface area contributed by atoms with Crippen molar-refractivity contribution in [2.24, 2.45) is 5.92 Å². The molecule has 1 aromatic heterocycles. The van der Waals surface area contributed by atoms with Crippen LogP contribution in [0, 0.1) is 12.8 Å². The van der Waals surface area contributed by atoms with E-state index in [-0.39, 0.29) is 22.2 Å². The van der Waals surface area contributed by atoms with Crippen LogP contribution in [-0.2, 0) is 27.7 Å². The fraction of sp³-hybridized carbons (Fsp3) is 0.360. The Hall–Kier alpha value is -2.97. The first-order chi connectivity index (χ1) is 15.7. The quantitative estimate of drug-likeness (QED) is 0.320. The summed E-state index contributed by atoms with van der Waals surface area (Å²) in [5, 5.41) is 0.834. The molecule has 1 aliphatic carbocycles. The number of fused-ring (bicyclic) bond motifs is 3. The third kappa shape index (κ3) is 4.72. The van der Waals surface area contributed by atoms with Crippen LogP contribution >= 0.6 is 0 Å². The van der Waals surface area contributed by atoms with Gasteiger partial charge in [0.05, 0.1) is 4.90 Å². The minimum Gasteiger partial charge on any atom is -0.425 e. The number of hydrogen-bond donors (Lipinski definition) is 1. The van der Waals surface area contributed by atoms with Gasteiger partial charge < -0.3 is 9.15 Å². The molecule has 3 aromatic rings. The van der Waals surface area contributed by atoms with Gasteiger partial charge in [-0.2, -0.15) is 4.72 Å². The van der Waals surface area contributed by atoms with Gasteiger partial charge >= 0.3 is 11.6 Å². The Labute approximate surface area is 192 Å². The van der Waals surface area contributed by atoms with Crippen LogP contribution in [0.15, 0.2) is 56.6 Å². The highest BCUT2D eigenvalue weighted by atomic mass is 32.2. The van der Waals surface area contributed by atoms with Crippen molar-refractivity contribution >= 4 is 27.0 Å². The van der Waals surface area contributed by atoms with E-state index in [1.54, 1.807) is 31.2 Å². The summed E-state index contributed by atoms with van der Waals surface area (Å²) < 4.78 is 39.3. The van der Waals surface area contributed by atoms with Crippen LogP contribution in [0.2, 0.25) is 0 Å². The lowest BCUT2D eigenvalue weighted by molar-refractivity contribution is -0.137. The van der Waals surface area contributed by atoms with Gasteiger partial charge in [0.15, 0.2) is 0 Å². The molecule has 174 valence electrons. The average Bonchev–Trinajstić information content (AvgIpc) is 3.28. The summed E-state index contributed by atoms with van der Waals surface area (Å²) in [6, 6.07) is 10.2. The minimum absolute atomic E-state index is 0.0792. The molecule has 0 saturated carbocycles. The van der Waals surface area contributed by atoms with Gasteiger partial charge in [-0.25, -0.2) is 18.0 Å². The molecule has 1 heterocycles. The van der Waals surface area contributed by atoms with Crippen molar-refractivity contribution in [3.8, 4) is 5.75 Å². The predicted molar refractivity (Wildman–Crippen MR) is 125 cm³/mol. The highest BCUT2D eigenvalue weighted by Gasteiger charge is 2.31. The average molecular weight is 470 g/mol. The maximum absolute atomic E-state index is 13.0. The van der Waals surface area contributed by atoms with E-state index in [0.29, 0.717) is 18.4 Å². The number of ether oxygens (including phenoxy) is 1. The Morgan fingerprint density at radius 2 is 1.82 bits per heavy atom. The number of benzene rings is 2. The van der Waals surface area contributed by atoms with E-state index in [0.717, 1.165) is 34.9 Å². The maximum atomic E-state index is 13.0. The maximum Gasteiger partial charge on any atom is 0.339 e. The third-order valence-electron chi connectivity index (χ3n) is 6.24. The lowest BCUT2D eigenvalue weighted by Gasteiger charge is -2.22. The number of carbonyl (C=O) groups is 1. The molecular formula is C25H27NO6S. The Bertz CT molecular complexity index is 1360. The molecule has 2 atom stereocenters. The Morgan fingerprint density at radius 1 is 1.12 bits per heavy atom. The van der Waals surface area contributed by atoms with Gasteiger partial charge in [-0.05, 0) is 61.9 Å². The SMILES string of the molecule is CCC(C)[C@H](NS(=O)(=O)c1ccc(C)cc1)C(=O)Oc1ccc2c3c(c(=O)oc2c1)CCC3. The fourth-order valence-electron chi connectivity index (χ4n) is 4.09. The highest BCUT2D eigenvalue weighted by Crippen LogP contribution is 2.30. The van der Waals surface area contributed by atoms with Crippen molar-refractivity contribution in [2.75, 3.05) is 0 Å². The van der Waals surface area contributed by atoms with Crippen molar-refractivity contribution in [2.45, 2.75) is 57.4 Å². The molecule has 7 nitrogen and oxygen atoms in total. The second-order valence-electron chi connectivity index (χ2n) is 8.58. The van der Waals surface area contributed by atoms with E-state index in [1.807, 2.05) is 13.8 Å². The summed E-state index contributed by atoms with van der Waals surface area (Å²) in [6.45, 7) is 5.52. The number of nitrogens with one attached hydrogen (secondary N) is 1. The van der Waals surface area contributed by atoms with Gasteiger partial charge in [0, 0.05) is 17.0 Å². The molecule has 1 aliphatic rings. The van der Waals surface area contributed by atoms with Gasteiger partial charge in [-0.1, -0.05) is 38.0 Å². The van der Waals surface area contributed by atoms with Crippen molar-refractivity contribution in [3.63, 3.8) is 0 Å². The summed E-state index contributed by atoms with van der Waals surface area (Å²) in [5.41, 5.74) is 2.63. The summed E-state index contributed by atoms with van der Waals surface area (Å²) in [7, 11) is -3.93. The summed E-state index contributed by atoms with van der Waals surface area (Å²) in [4.78, 5) is 25.4. The standard InChI is InChI=1S/C25H27NO6S/c1-4-16(3)23(26-33(29,30)18-11-8-15(2)9-12-18)25(28)31-17-10-13-20-19-6-5-7-21(19)24(27)32-22(20)14-17/h8-14,16,23,26H,4-7H2,1-3H3/t16?,23-/m0/s1. The third-order valence-corrected chi connectivity index (χ3v) is 7.70. The van der Waals surface area contributed by atoms with Gasteiger partial charge in [0.1, 0.15) is 17.4 Å². The topological polar surface area (TPSA) is 103 Å². The molecule has 0 saturated heterocycles.